The fraction of sp³-hybridized carbons (Fsp3) is 0.375. The fourth-order valence-electron chi connectivity index (χ4n) is 2.95. The van der Waals surface area contributed by atoms with Crippen molar-refractivity contribution >= 4 is 11.5 Å². The van der Waals surface area contributed by atoms with Crippen LogP contribution in [0.25, 0.3) is 11.4 Å². The molecule has 118 valence electrons. The van der Waals surface area contributed by atoms with Gasteiger partial charge >= 0.3 is 0 Å². The van der Waals surface area contributed by atoms with Crippen molar-refractivity contribution in [3.63, 3.8) is 0 Å². The van der Waals surface area contributed by atoms with E-state index in [9.17, 15) is 0 Å². The summed E-state index contributed by atoms with van der Waals surface area (Å²) in [6, 6.07) is 10.1. The van der Waals surface area contributed by atoms with Crippen LogP contribution >= 0.6 is 11.5 Å². The zero-order valence-electron chi connectivity index (χ0n) is 12.8. The van der Waals surface area contributed by atoms with Gasteiger partial charge in [-0.15, -0.1) is 5.10 Å². The molecule has 3 aromatic rings. The van der Waals surface area contributed by atoms with Gasteiger partial charge < -0.3 is 4.52 Å². The summed E-state index contributed by atoms with van der Waals surface area (Å²) in [6.07, 6.45) is 2.18. The quantitative estimate of drug-likeness (QED) is 0.733. The average Bonchev–Trinajstić information content (AvgIpc) is 3.30. The van der Waals surface area contributed by atoms with E-state index in [2.05, 4.69) is 24.6 Å². The molecule has 3 heterocycles. The van der Waals surface area contributed by atoms with Gasteiger partial charge in [-0.05, 0) is 37.8 Å². The third-order valence-corrected chi connectivity index (χ3v) is 5.02. The lowest BCUT2D eigenvalue weighted by Gasteiger charge is -2.20. The van der Waals surface area contributed by atoms with E-state index in [0.717, 1.165) is 37.2 Å². The van der Waals surface area contributed by atoms with Crippen LogP contribution in [0, 0.1) is 6.92 Å². The minimum atomic E-state index is 0.182. The summed E-state index contributed by atoms with van der Waals surface area (Å²) in [5.74, 6) is 1.36. The molecule has 0 spiro atoms. The highest BCUT2D eigenvalue weighted by Gasteiger charge is 2.31. The van der Waals surface area contributed by atoms with E-state index in [4.69, 9.17) is 4.52 Å². The van der Waals surface area contributed by atoms with Crippen LogP contribution in [0.3, 0.4) is 0 Å². The Labute approximate surface area is 138 Å². The topological polar surface area (TPSA) is 67.9 Å². The van der Waals surface area contributed by atoms with Crippen LogP contribution in [0.1, 0.15) is 35.3 Å². The lowest BCUT2D eigenvalue weighted by molar-refractivity contribution is 0.202. The highest BCUT2D eigenvalue weighted by Crippen LogP contribution is 2.33. The van der Waals surface area contributed by atoms with Gasteiger partial charge in [-0.25, -0.2) is 0 Å². The maximum absolute atomic E-state index is 5.55. The normalized spacial score (nSPS) is 18.6. The van der Waals surface area contributed by atoms with Gasteiger partial charge in [0.2, 0.25) is 11.7 Å². The summed E-state index contributed by atoms with van der Waals surface area (Å²) >= 11 is 1.47. The maximum Gasteiger partial charge on any atom is 0.244 e. The molecular formula is C16H17N5OS. The summed E-state index contributed by atoms with van der Waals surface area (Å²) in [5.41, 5.74) is 1.99. The molecule has 1 unspecified atom stereocenters. The number of hydrogen-bond donors (Lipinski definition) is 0. The Hall–Kier alpha value is -2.12. The first-order valence-corrected chi connectivity index (χ1v) is 8.49. The first-order chi connectivity index (χ1) is 11.3. The van der Waals surface area contributed by atoms with Gasteiger partial charge in [-0.2, -0.15) is 4.98 Å². The molecule has 1 aromatic carbocycles. The van der Waals surface area contributed by atoms with Crippen molar-refractivity contribution in [2.45, 2.75) is 32.4 Å². The summed E-state index contributed by atoms with van der Waals surface area (Å²) in [4.78, 5) is 8.20. The Morgan fingerprint density at radius 1 is 1.30 bits per heavy atom. The molecule has 1 atom stereocenters. The third-order valence-electron chi connectivity index (χ3n) is 4.21. The summed E-state index contributed by atoms with van der Waals surface area (Å²) in [6.45, 7) is 3.88. The fourth-order valence-corrected chi connectivity index (χ4v) is 3.61. The minimum absolute atomic E-state index is 0.182. The molecular weight excluding hydrogens is 310 g/mol. The number of aromatic nitrogens is 4. The SMILES string of the molecule is Cc1nnsc1CN1CCCC1c1nc(-c2ccccc2)no1. The van der Waals surface area contributed by atoms with Crippen molar-refractivity contribution in [3.8, 4) is 11.4 Å². The van der Waals surface area contributed by atoms with Crippen molar-refractivity contribution in [1.29, 1.82) is 0 Å². The molecule has 0 aliphatic carbocycles. The molecule has 2 aromatic heterocycles. The van der Waals surface area contributed by atoms with Crippen molar-refractivity contribution < 1.29 is 4.52 Å². The number of rotatable bonds is 4. The first kappa shape index (κ1) is 14.5. The smallest absolute Gasteiger partial charge is 0.244 e. The van der Waals surface area contributed by atoms with Crippen LogP contribution in [0.2, 0.25) is 0 Å². The van der Waals surface area contributed by atoms with Gasteiger partial charge in [0, 0.05) is 12.1 Å². The van der Waals surface area contributed by atoms with Gasteiger partial charge in [-0.3, -0.25) is 4.90 Å². The summed E-state index contributed by atoms with van der Waals surface area (Å²) in [5, 5.41) is 8.24. The number of nitrogens with zero attached hydrogens (tertiary/aromatic N) is 5. The predicted octanol–water partition coefficient (Wildman–Crippen LogP) is 3.23. The lowest BCUT2D eigenvalue weighted by Crippen LogP contribution is -2.22. The second-order valence-electron chi connectivity index (χ2n) is 5.73. The molecule has 0 amide bonds. The zero-order valence-corrected chi connectivity index (χ0v) is 13.7. The molecule has 0 bridgehead atoms. The van der Waals surface area contributed by atoms with Gasteiger partial charge in [0.1, 0.15) is 0 Å². The minimum Gasteiger partial charge on any atom is -0.337 e. The van der Waals surface area contributed by atoms with Gasteiger partial charge in [0.25, 0.3) is 0 Å². The molecule has 1 aliphatic heterocycles. The second kappa shape index (κ2) is 6.17. The highest BCUT2D eigenvalue weighted by atomic mass is 32.1. The van der Waals surface area contributed by atoms with Gasteiger partial charge in [-0.1, -0.05) is 40.0 Å². The van der Waals surface area contributed by atoms with Crippen LogP contribution in [0.5, 0.6) is 0 Å². The van der Waals surface area contributed by atoms with Crippen molar-refractivity contribution in [3.05, 3.63) is 46.8 Å². The van der Waals surface area contributed by atoms with E-state index in [1.807, 2.05) is 37.3 Å². The molecule has 0 saturated carbocycles. The van der Waals surface area contributed by atoms with Crippen LogP contribution < -0.4 is 0 Å². The maximum atomic E-state index is 5.55. The highest BCUT2D eigenvalue weighted by molar-refractivity contribution is 7.05. The summed E-state index contributed by atoms with van der Waals surface area (Å²) in [7, 11) is 0. The molecule has 4 rings (SSSR count). The van der Waals surface area contributed by atoms with Gasteiger partial charge in [0.15, 0.2) is 0 Å². The molecule has 7 heteroatoms. The summed E-state index contributed by atoms with van der Waals surface area (Å²) < 4.78 is 9.57. The molecule has 1 fully saturated rings. The van der Waals surface area contributed by atoms with Crippen LogP contribution in [0.4, 0.5) is 0 Å². The molecule has 0 radical (unpaired) electrons. The average molecular weight is 327 g/mol. The van der Waals surface area contributed by atoms with Crippen LogP contribution in [-0.2, 0) is 6.54 Å². The Balaban J connectivity index is 1.55. The molecule has 1 saturated heterocycles. The molecule has 23 heavy (non-hydrogen) atoms. The Morgan fingerprint density at radius 3 is 2.96 bits per heavy atom. The molecule has 6 nitrogen and oxygen atoms in total. The van der Waals surface area contributed by atoms with Crippen molar-refractivity contribution in [2.24, 2.45) is 0 Å². The Morgan fingerprint density at radius 2 is 2.17 bits per heavy atom. The predicted molar refractivity (Wildman–Crippen MR) is 86.8 cm³/mol. The molecule has 0 N–H and O–H groups in total. The zero-order chi connectivity index (χ0) is 15.6. The number of likely N-dealkylation sites (tertiary alicyclic amines) is 1. The second-order valence-corrected chi connectivity index (χ2v) is 6.57. The monoisotopic (exact) mass is 327 g/mol. The van der Waals surface area contributed by atoms with E-state index in [0.29, 0.717) is 11.7 Å². The number of aryl methyl sites for hydroxylation is 1. The van der Waals surface area contributed by atoms with Crippen molar-refractivity contribution in [1.82, 2.24) is 24.6 Å². The lowest BCUT2D eigenvalue weighted by atomic mass is 10.2. The van der Waals surface area contributed by atoms with E-state index in [-0.39, 0.29) is 6.04 Å². The standard InChI is InChI=1S/C16H17N5OS/c1-11-14(23-20-18-11)10-21-9-5-8-13(21)16-17-15(19-22-16)12-6-3-2-4-7-12/h2-4,6-7,13H,5,8-10H2,1H3. The number of hydrogen-bond acceptors (Lipinski definition) is 7. The van der Waals surface area contributed by atoms with E-state index < -0.39 is 0 Å². The van der Waals surface area contributed by atoms with Gasteiger partial charge in [0.05, 0.1) is 16.6 Å². The van der Waals surface area contributed by atoms with Crippen molar-refractivity contribution in [2.75, 3.05) is 6.54 Å². The third kappa shape index (κ3) is 2.89. The molecule has 1 aliphatic rings. The van der Waals surface area contributed by atoms with E-state index >= 15 is 0 Å². The number of benzene rings is 1. The Bertz CT molecular complexity index is 785. The van der Waals surface area contributed by atoms with Crippen LogP contribution in [-0.4, -0.2) is 31.2 Å². The Kier molecular flexibility index (Phi) is 3.88. The van der Waals surface area contributed by atoms with E-state index in [1.54, 1.807) is 0 Å². The largest absolute Gasteiger partial charge is 0.337 e. The first-order valence-electron chi connectivity index (χ1n) is 7.72. The van der Waals surface area contributed by atoms with Crippen LogP contribution in [0.15, 0.2) is 34.9 Å². The van der Waals surface area contributed by atoms with E-state index in [1.165, 1.54) is 16.4 Å².